The SMILES string of the molecule is CCc1nc(S(=O)(=O)N2C[C@H](CCC(C)=O)Oc3ccc(CC(=O)OC(C)(C)C(F)(F)F)cc32)c(OC(C)C)s1. The van der Waals surface area contributed by atoms with E-state index in [0.29, 0.717) is 11.4 Å². The maximum absolute atomic E-state index is 14.0. The Hall–Kier alpha value is -2.87. The molecule has 2 aromatic rings. The summed E-state index contributed by atoms with van der Waals surface area (Å²) in [6.07, 6.45) is -5.37. The van der Waals surface area contributed by atoms with Crippen molar-refractivity contribution in [1.82, 2.24) is 4.98 Å². The summed E-state index contributed by atoms with van der Waals surface area (Å²) >= 11 is 1.13. The number of ether oxygens (including phenoxy) is 3. The highest BCUT2D eigenvalue weighted by atomic mass is 32.2. The molecule has 40 heavy (non-hydrogen) atoms. The van der Waals surface area contributed by atoms with Gasteiger partial charge in [0.15, 0.2) is 0 Å². The van der Waals surface area contributed by atoms with Crippen LogP contribution in [0.2, 0.25) is 0 Å². The summed E-state index contributed by atoms with van der Waals surface area (Å²) in [7, 11) is -4.33. The van der Waals surface area contributed by atoms with Gasteiger partial charge in [0.25, 0.3) is 10.0 Å². The quantitative estimate of drug-likeness (QED) is 0.319. The smallest absolute Gasteiger partial charge is 0.427 e. The molecule has 3 rings (SSSR count). The lowest BCUT2D eigenvalue weighted by Gasteiger charge is -2.35. The van der Waals surface area contributed by atoms with Crippen LogP contribution in [-0.4, -0.2) is 55.7 Å². The number of ketones is 1. The first-order chi connectivity index (χ1) is 18.4. The maximum Gasteiger partial charge on any atom is 0.427 e. The zero-order valence-corrected chi connectivity index (χ0v) is 24.8. The van der Waals surface area contributed by atoms with Crippen LogP contribution in [0.4, 0.5) is 18.9 Å². The highest BCUT2D eigenvalue weighted by molar-refractivity contribution is 7.93. The molecule has 0 N–H and O–H groups in total. The van der Waals surface area contributed by atoms with Crippen molar-refractivity contribution < 1.29 is 45.4 Å². The summed E-state index contributed by atoms with van der Waals surface area (Å²) in [5, 5.41) is 0.423. The van der Waals surface area contributed by atoms with Crippen molar-refractivity contribution in [2.45, 2.75) is 96.2 Å². The topological polar surface area (TPSA) is 112 Å². The standard InChI is InChI=1S/C26H33F3N2O7S2/c1-7-21-30-23(24(39-21)36-15(2)3)40(34,35)31-14-18(10-8-16(4)32)37-20-11-9-17(12-19(20)31)13-22(33)38-25(5,6)26(27,28)29/h9,11-12,15,18H,7-8,10,13-14H2,1-6H3/t18-/m0/s1. The number of hydrogen-bond donors (Lipinski definition) is 0. The van der Waals surface area contributed by atoms with Crippen LogP contribution in [0, 0.1) is 0 Å². The molecule has 1 atom stereocenters. The van der Waals surface area contributed by atoms with Crippen LogP contribution in [0.1, 0.15) is 65.0 Å². The van der Waals surface area contributed by atoms with Gasteiger partial charge in [0.2, 0.25) is 15.7 Å². The molecule has 0 bridgehead atoms. The van der Waals surface area contributed by atoms with Crippen molar-refractivity contribution in [2.75, 3.05) is 10.8 Å². The normalized spacial score (nSPS) is 15.9. The zero-order valence-electron chi connectivity index (χ0n) is 23.1. The van der Waals surface area contributed by atoms with E-state index in [1.165, 1.54) is 25.1 Å². The monoisotopic (exact) mass is 606 g/mol. The van der Waals surface area contributed by atoms with Crippen LogP contribution in [0.5, 0.6) is 10.8 Å². The van der Waals surface area contributed by atoms with Crippen LogP contribution in [0.25, 0.3) is 0 Å². The van der Waals surface area contributed by atoms with E-state index in [1.54, 1.807) is 13.8 Å². The number of aryl methyl sites for hydroxylation is 1. The van der Waals surface area contributed by atoms with E-state index in [4.69, 9.17) is 9.47 Å². The fraction of sp³-hybridized carbons (Fsp3) is 0.577. The van der Waals surface area contributed by atoms with Gasteiger partial charge in [0.05, 0.1) is 29.8 Å². The third-order valence-electron chi connectivity index (χ3n) is 5.96. The lowest BCUT2D eigenvalue weighted by molar-refractivity contribution is -0.257. The summed E-state index contributed by atoms with van der Waals surface area (Å²) in [5.41, 5.74) is -2.39. The number of carbonyl (C=O) groups excluding carboxylic acids is 2. The van der Waals surface area contributed by atoms with Gasteiger partial charge in [0, 0.05) is 6.42 Å². The number of halogens is 3. The zero-order chi connectivity index (χ0) is 30.0. The van der Waals surface area contributed by atoms with E-state index < -0.39 is 40.3 Å². The summed E-state index contributed by atoms with van der Waals surface area (Å²) < 4.78 is 85.2. The van der Waals surface area contributed by atoms with E-state index in [-0.39, 0.29) is 58.4 Å². The van der Waals surface area contributed by atoms with Gasteiger partial charge in [-0.3, -0.25) is 9.10 Å². The first-order valence-corrected chi connectivity index (χ1v) is 15.0. The van der Waals surface area contributed by atoms with Gasteiger partial charge in [-0.2, -0.15) is 21.6 Å². The number of thiazole rings is 1. The minimum atomic E-state index is -4.77. The molecule has 14 heteroatoms. The van der Waals surface area contributed by atoms with Crippen molar-refractivity contribution in [1.29, 1.82) is 0 Å². The fourth-order valence-corrected chi connectivity index (χ4v) is 6.62. The second-order valence-corrected chi connectivity index (χ2v) is 13.0. The van der Waals surface area contributed by atoms with Crippen molar-refractivity contribution in [3.05, 3.63) is 28.8 Å². The Labute approximate surface area is 235 Å². The molecule has 0 amide bonds. The number of esters is 1. The van der Waals surface area contributed by atoms with Gasteiger partial charge < -0.3 is 19.0 Å². The maximum atomic E-state index is 14.0. The average molecular weight is 607 g/mol. The van der Waals surface area contributed by atoms with Gasteiger partial charge >= 0.3 is 12.1 Å². The number of anilines is 1. The van der Waals surface area contributed by atoms with Gasteiger partial charge in [-0.15, -0.1) is 0 Å². The number of carbonyl (C=O) groups is 2. The highest BCUT2D eigenvalue weighted by Crippen LogP contribution is 2.42. The van der Waals surface area contributed by atoms with Gasteiger partial charge in [-0.25, -0.2) is 4.98 Å². The number of Topliss-reactive ketones (excluding diaryl/α,β-unsaturated/α-hetero) is 1. The Morgan fingerprint density at radius 2 is 1.93 bits per heavy atom. The van der Waals surface area contributed by atoms with Crippen molar-refractivity contribution in [3.8, 4) is 10.8 Å². The second kappa shape index (κ2) is 11.9. The molecule has 1 aromatic carbocycles. The molecule has 222 valence electrons. The molecule has 1 aromatic heterocycles. The van der Waals surface area contributed by atoms with Crippen molar-refractivity contribution in [2.24, 2.45) is 0 Å². The summed E-state index contributed by atoms with van der Waals surface area (Å²) in [6.45, 7) is 8.11. The second-order valence-electron chi connectivity index (χ2n) is 10.2. The highest BCUT2D eigenvalue weighted by Gasteiger charge is 2.50. The molecule has 0 aliphatic carbocycles. The molecular formula is C26H33F3N2O7S2. The molecule has 0 radical (unpaired) electrons. The Morgan fingerprint density at radius 3 is 2.50 bits per heavy atom. The first-order valence-electron chi connectivity index (χ1n) is 12.7. The van der Waals surface area contributed by atoms with Gasteiger partial charge in [0.1, 0.15) is 17.6 Å². The molecule has 1 aliphatic rings. The molecule has 9 nitrogen and oxygen atoms in total. The number of benzene rings is 1. The molecule has 0 saturated heterocycles. The Kier molecular flexibility index (Phi) is 9.44. The lowest BCUT2D eigenvalue weighted by atomic mass is 10.1. The largest absolute Gasteiger partial charge is 0.486 e. The molecule has 0 unspecified atom stereocenters. The minimum Gasteiger partial charge on any atom is -0.486 e. The molecule has 2 heterocycles. The van der Waals surface area contributed by atoms with Crippen LogP contribution < -0.4 is 13.8 Å². The van der Waals surface area contributed by atoms with Gasteiger partial charge in [-0.1, -0.05) is 24.3 Å². The number of aromatic nitrogens is 1. The van der Waals surface area contributed by atoms with Crippen LogP contribution in [0.15, 0.2) is 23.2 Å². The molecule has 1 aliphatic heterocycles. The summed E-state index contributed by atoms with van der Waals surface area (Å²) in [6, 6.07) is 4.26. The number of hydrogen-bond acceptors (Lipinski definition) is 9. The van der Waals surface area contributed by atoms with Crippen LogP contribution in [0.3, 0.4) is 0 Å². The van der Waals surface area contributed by atoms with E-state index in [9.17, 15) is 31.2 Å². The molecule has 0 saturated carbocycles. The van der Waals surface area contributed by atoms with E-state index in [2.05, 4.69) is 9.72 Å². The summed E-state index contributed by atoms with van der Waals surface area (Å²) in [4.78, 5) is 28.3. The molecule has 0 spiro atoms. The first kappa shape index (κ1) is 31.7. The van der Waals surface area contributed by atoms with Crippen molar-refractivity contribution in [3.63, 3.8) is 0 Å². The van der Waals surface area contributed by atoms with E-state index in [1.807, 2.05) is 6.92 Å². The third kappa shape index (κ3) is 7.25. The predicted molar refractivity (Wildman–Crippen MR) is 142 cm³/mol. The van der Waals surface area contributed by atoms with Crippen molar-refractivity contribution >= 4 is 38.8 Å². The predicted octanol–water partition coefficient (Wildman–Crippen LogP) is 5.24. The Balaban J connectivity index is 2.02. The lowest BCUT2D eigenvalue weighted by Crippen LogP contribution is -2.44. The van der Waals surface area contributed by atoms with Crippen LogP contribution in [-0.2, 0) is 37.2 Å². The molecule has 0 fully saturated rings. The number of sulfonamides is 1. The van der Waals surface area contributed by atoms with E-state index in [0.717, 1.165) is 29.5 Å². The third-order valence-corrected chi connectivity index (χ3v) is 8.88. The number of fused-ring (bicyclic) bond motifs is 1. The molecular weight excluding hydrogens is 573 g/mol. The summed E-state index contributed by atoms with van der Waals surface area (Å²) in [5.74, 6) is -1.04. The Bertz CT molecular complexity index is 1350. The number of alkyl halides is 3. The van der Waals surface area contributed by atoms with E-state index >= 15 is 0 Å². The van der Waals surface area contributed by atoms with Gasteiger partial charge in [-0.05, 0) is 65.2 Å². The number of rotatable bonds is 11. The average Bonchev–Trinajstić information content (AvgIpc) is 3.24. The Morgan fingerprint density at radius 1 is 1.25 bits per heavy atom. The number of nitrogens with zero attached hydrogens (tertiary/aromatic N) is 2. The minimum absolute atomic E-state index is 0.0841. The van der Waals surface area contributed by atoms with Crippen LogP contribution >= 0.6 is 11.3 Å². The fourth-order valence-electron chi connectivity index (χ4n) is 3.79.